The van der Waals surface area contributed by atoms with Crippen LogP contribution in [0, 0.1) is 0 Å². The van der Waals surface area contributed by atoms with Gasteiger partial charge in [0.15, 0.2) is 11.6 Å². The van der Waals surface area contributed by atoms with Gasteiger partial charge in [0.05, 0.1) is 19.3 Å². The van der Waals surface area contributed by atoms with Crippen LogP contribution < -0.4 is 10.1 Å². The first-order valence-corrected chi connectivity index (χ1v) is 13.3. The van der Waals surface area contributed by atoms with Gasteiger partial charge in [-0.25, -0.2) is 4.99 Å². The summed E-state index contributed by atoms with van der Waals surface area (Å²) in [6.45, 7) is 4.48. The van der Waals surface area contributed by atoms with Crippen molar-refractivity contribution in [2.24, 2.45) is 10.1 Å². The number of azide groups is 1. The lowest BCUT2D eigenvalue weighted by molar-refractivity contribution is -0.130. The van der Waals surface area contributed by atoms with Crippen LogP contribution in [0.2, 0.25) is 0 Å². The van der Waals surface area contributed by atoms with Gasteiger partial charge in [0, 0.05) is 36.0 Å². The number of ether oxygens (including phenoxy) is 2. The predicted octanol–water partition coefficient (Wildman–Crippen LogP) is 4.51. The Bertz CT molecular complexity index is 1220. The van der Waals surface area contributed by atoms with Gasteiger partial charge in [-0.05, 0) is 66.6 Å². The summed E-state index contributed by atoms with van der Waals surface area (Å²) in [5.74, 6) is 0.694. The second kappa shape index (κ2) is 13.3. The molecule has 1 saturated carbocycles. The van der Waals surface area contributed by atoms with E-state index in [2.05, 4.69) is 21.9 Å². The monoisotopic (exact) mass is 533 g/mol. The number of carbonyl (C=O) groups is 1. The Balaban J connectivity index is 1.71. The number of aliphatic hydroxyl groups is 2. The summed E-state index contributed by atoms with van der Waals surface area (Å²) in [5, 5.41) is 25.8. The molecule has 1 fully saturated rings. The van der Waals surface area contributed by atoms with Crippen molar-refractivity contribution in [1.29, 1.82) is 0 Å². The standard InChI is InChI=1S/C29H35N5O5/c1-2-16-29(28(37)32-22-10-12-23(36)13-11-22)26(25-7-4-3-6-21(25)19-31-34-30)39-27(33-29)20-8-14-24(15-9-20)38-18-5-17-35/h2-4,6-9,14-15,22-23,26,35-36H,1,5,10-13,16-19H2,(H,32,37)/t22?,23?,26-,29-/m1/s1. The Hall–Kier alpha value is -3.85. The van der Waals surface area contributed by atoms with Gasteiger partial charge in [-0.15, -0.1) is 6.58 Å². The zero-order chi connectivity index (χ0) is 27.7. The average Bonchev–Trinajstić information content (AvgIpc) is 3.34. The maximum atomic E-state index is 14.1. The number of nitrogens with one attached hydrogen (secondary N) is 1. The lowest BCUT2D eigenvalue weighted by Crippen LogP contribution is -2.52. The number of rotatable bonds is 12. The van der Waals surface area contributed by atoms with Crippen molar-refractivity contribution in [1.82, 2.24) is 5.32 Å². The fourth-order valence-corrected chi connectivity index (χ4v) is 5.08. The molecular weight excluding hydrogens is 498 g/mol. The molecule has 1 heterocycles. The van der Waals surface area contributed by atoms with Crippen LogP contribution in [0.4, 0.5) is 0 Å². The highest BCUT2D eigenvalue weighted by Crippen LogP contribution is 2.44. The molecule has 0 spiro atoms. The SMILES string of the molecule is C=CC[C@@]1(C(=O)NC2CCC(O)CC2)N=C(c2ccc(OCCCO)cc2)O[C@@H]1c1ccccc1CN=[N+]=[N-]. The van der Waals surface area contributed by atoms with Crippen LogP contribution in [-0.4, -0.2) is 52.9 Å². The topological polar surface area (TPSA) is 149 Å². The van der Waals surface area contributed by atoms with Crippen LogP contribution in [0.3, 0.4) is 0 Å². The minimum atomic E-state index is -1.34. The largest absolute Gasteiger partial charge is 0.494 e. The van der Waals surface area contributed by atoms with Gasteiger partial charge in [0.25, 0.3) is 5.91 Å². The van der Waals surface area contributed by atoms with Crippen molar-refractivity contribution < 1.29 is 24.5 Å². The second-order valence-electron chi connectivity index (χ2n) is 9.85. The van der Waals surface area contributed by atoms with E-state index < -0.39 is 11.6 Å². The lowest BCUT2D eigenvalue weighted by Gasteiger charge is -2.34. The van der Waals surface area contributed by atoms with E-state index in [4.69, 9.17) is 25.1 Å². The van der Waals surface area contributed by atoms with Gasteiger partial charge in [0.2, 0.25) is 5.90 Å². The second-order valence-corrected chi connectivity index (χ2v) is 9.85. The number of nitrogens with zero attached hydrogens (tertiary/aromatic N) is 4. The van der Waals surface area contributed by atoms with Crippen LogP contribution in [0.15, 0.2) is 71.3 Å². The third kappa shape index (κ3) is 6.60. The number of benzene rings is 2. The predicted molar refractivity (Wildman–Crippen MR) is 147 cm³/mol. The normalized spacial score (nSPS) is 24.2. The van der Waals surface area contributed by atoms with Gasteiger partial charge >= 0.3 is 0 Å². The number of hydrogen-bond acceptors (Lipinski definition) is 7. The summed E-state index contributed by atoms with van der Waals surface area (Å²) in [6.07, 6.45) is 3.94. The molecule has 10 nitrogen and oxygen atoms in total. The number of hydrogen-bond donors (Lipinski definition) is 3. The summed E-state index contributed by atoms with van der Waals surface area (Å²) >= 11 is 0. The molecule has 0 saturated heterocycles. The first kappa shape index (κ1) is 28.2. The molecule has 39 heavy (non-hydrogen) atoms. The number of aliphatic hydroxyl groups excluding tert-OH is 2. The Labute approximate surface area is 228 Å². The molecule has 0 aromatic heterocycles. The van der Waals surface area contributed by atoms with Gasteiger partial charge in [-0.1, -0.05) is 35.5 Å². The minimum Gasteiger partial charge on any atom is -0.494 e. The Morgan fingerprint density at radius 1 is 1.23 bits per heavy atom. The van der Waals surface area contributed by atoms with Crippen molar-refractivity contribution in [3.8, 4) is 5.75 Å². The highest BCUT2D eigenvalue weighted by molar-refractivity contribution is 6.01. The fraction of sp³-hybridized carbons (Fsp3) is 0.448. The Morgan fingerprint density at radius 3 is 2.67 bits per heavy atom. The molecule has 2 aromatic carbocycles. The van der Waals surface area contributed by atoms with Crippen LogP contribution >= 0.6 is 0 Å². The maximum Gasteiger partial charge on any atom is 0.252 e. The molecule has 2 aliphatic rings. The van der Waals surface area contributed by atoms with E-state index in [9.17, 15) is 9.90 Å². The maximum absolute atomic E-state index is 14.1. The first-order valence-electron chi connectivity index (χ1n) is 13.3. The van der Waals surface area contributed by atoms with E-state index in [1.54, 1.807) is 18.2 Å². The van der Waals surface area contributed by atoms with Crippen molar-refractivity contribution >= 4 is 11.8 Å². The molecule has 10 heteroatoms. The van der Waals surface area contributed by atoms with Crippen molar-refractivity contribution in [2.75, 3.05) is 13.2 Å². The molecule has 2 aromatic rings. The first-order chi connectivity index (χ1) is 19.0. The summed E-state index contributed by atoms with van der Waals surface area (Å²) in [7, 11) is 0. The molecule has 4 rings (SSSR count). The number of carbonyl (C=O) groups excluding carboxylic acids is 1. The molecule has 0 bridgehead atoms. The lowest BCUT2D eigenvalue weighted by atomic mass is 9.82. The average molecular weight is 534 g/mol. The van der Waals surface area contributed by atoms with Crippen molar-refractivity contribution in [3.05, 3.63) is 88.3 Å². The van der Waals surface area contributed by atoms with E-state index >= 15 is 0 Å². The summed E-state index contributed by atoms with van der Waals surface area (Å²) < 4.78 is 12.1. The van der Waals surface area contributed by atoms with E-state index in [0.29, 0.717) is 61.5 Å². The van der Waals surface area contributed by atoms with E-state index in [-0.39, 0.29) is 37.6 Å². The zero-order valence-corrected chi connectivity index (χ0v) is 21.9. The number of amides is 1. The van der Waals surface area contributed by atoms with E-state index in [1.807, 2.05) is 36.4 Å². The Morgan fingerprint density at radius 2 is 1.97 bits per heavy atom. The van der Waals surface area contributed by atoms with Gasteiger partial charge < -0.3 is 25.0 Å². The molecule has 0 radical (unpaired) electrons. The van der Waals surface area contributed by atoms with Crippen LogP contribution in [0.1, 0.15) is 61.3 Å². The third-order valence-corrected chi connectivity index (χ3v) is 7.16. The summed E-state index contributed by atoms with van der Waals surface area (Å²) in [5.41, 5.74) is 9.73. The quantitative estimate of drug-likeness (QED) is 0.121. The third-order valence-electron chi connectivity index (χ3n) is 7.16. The molecule has 3 N–H and O–H groups in total. The van der Waals surface area contributed by atoms with Crippen LogP contribution in [0.5, 0.6) is 5.75 Å². The highest BCUT2D eigenvalue weighted by atomic mass is 16.5. The van der Waals surface area contributed by atoms with Crippen molar-refractivity contribution in [2.45, 2.75) is 68.9 Å². The van der Waals surface area contributed by atoms with Gasteiger partial charge in [-0.3, -0.25) is 4.79 Å². The number of aliphatic imine (C=N–C) groups is 1. The van der Waals surface area contributed by atoms with Crippen LogP contribution in [0.25, 0.3) is 10.4 Å². The minimum absolute atomic E-state index is 0.0557. The van der Waals surface area contributed by atoms with Crippen LogP contribution in [-0.2, 0) is 16.1 Å². The molecule has 0 unspecified atom stereocenters. The van der Waals surface area contributed by atoms with E-state index in [0.717, 1.165) is 5.56 Å². The van der Waals surface area contributed by atoms with Crippen molar-refractivity contribution in [3.63, 3.8) is 0 Å². The van der Waals surface area contributed by atoms with Gasteiger partial charge in [-0.2, -0.15) is 0 Å². The fourth-order valence-electron chi connectivity index (χ4n) is 5.08. The summed E-state index contributed by atoms with van der Waals surface area (Å²) in [6, 6.07) is 14.6. The Kier molecular flexibility index (Phi) is 9.59. The highest BCUT2D eigenvalue weighted by Gasteiger charge is 2.53. The molecule has 206 valence electrons. The molecule has 2 atom stereocenters. The van der Waals surface area contributed by atoms with E-state index in [1.165, 1.54) is 0 Å². The smallest absolute Gasteiger partial charge is 0.252 e. The molecule has 1 amide bonds. The summed E-state index contributed by atoms with van der Waals surface area (Å²) in [4.78, 5) is 21.9. The zero-order valence-electron chi connectivity index (χ0n) is 21.9. The molecular formula is C29H35N5O5. The van der Waals surface area contributed by atoms with Gasteiger partial charge in [0.1, 0.15) is 5.75 Å². The molecule has 1 aliphatic carbocycles. The molecule has 1 aliphatic heterocycles.